The molecule has 0 aromatic heterocycles. The summed E-state index contributed by atoms with van der Waals surface area (Å²) in [5.41, 5.74) is -1.81. The Morgan fingerprint density at radius 2 is 1.74 bits per heavy atom. The number of alkyl halides is 3. The summed E-state index contributed by atoms with van der Waals surface area (Å²) in [6.45, 7) is 5.39. The number of carbonyl (C=O) groups is 3. The van der Waals surface area contributed by atoms with Gasteiger partial charge in [-0.1, -0.05) is 18.2 Å². The van der Waals surface area contributed by atoms with Crippen molar-refractivity contribution in [3.05, 3.63) is 59.2 Å². The lowest BCUT2D eigenvalue weighted by atomic mass is 10.0. The Bertz CT molecular complexity index is 1270. The number of amides is 2. The minimum Gasteiger partial charge on any atom is -0.496 e. The first kappa shape index (κ1) is 28.5. The molecule has 9 nitrogen and oxygen atoms in total. The van der Waals surface area contributed by atoms with Gasteiger partial charge in [-0.25, -0.2) is 4.79 Å². The maximum absolute atomic E-state index is 13.6. The predicted molar refractivity (Wildman–Crippen MR) is 134 cm³/mol. The largest absolute Gasteiger partial charge is 0.496 e. The third kappa shape index (κ3) is 7.48. The van der Waals surface area contributed by atoms with E-state index in [0.29, 0.717) is 23.9 Å². The third-order valence-electron chi connectivity index (χ3n) is 5.13. The molecule has 0 saturated heterocycles. The molecule has 2 aromatic carbocycles. The molecule has 0 bridgehead atoms. The standard InChI is InChI=1S/C26H28F3N3O6/c1-25(2,3)37-24(35)31-19-13-22(36-5)17(26(27,28)29)12-18(19)30-23(34)14-20(33)15-7-6-8-16(11-15)21-9-10-32(4)38-21/h6-9,11-13H,10,14H2,1-5H3,(H,30,34)(H,31,35). The zero-order valence-corrected chi connectivity index (χ0v) is 21.5. The summed E-state index contributed by atoms with van der Waals surface area (Å²) in [6, 6.07) is 7.99. The first-order chi connectivity index (χ1) is 17.7. The van der Waals surface area contributed by atoms with Crippen molar-refractivity contribution in [1.82, 2.24) is 5.06 Å². The lowest BCUT2D eigenvalue weighted by Gasteiger charge is -2.22. The molecule has 2 N–H and O–H groups in total. The van der Waals surface area contributed by atoms with Crippen molar-refractivity contribution < 1.29 is 41.9 Å². The highest BCUT2D eigenvalue weighted by Gasteiger charge is 2.36. The maximum atomic E-state index is 13.6. The van der Waals surface area contributed by atoms with Crippen molar-refractivity contribution in [2.24, 2.45) is 0 Å². The van der Waals surface area contributed by atoms with E-state index in [1.165, 1.54) is 6.07 Å². The summed E-state index contributed by atoms with van der Waals surface area (Å²) in [7, 11) is 2.79. The smallest absolute Gasteiger partial charge is 0.420 e. The van der Waals surface area contributed by atoms with E-state index in [2.05, 4.69) is 10.6 Å². The van der Waals surface area contributed by atoms with Crippen LogP contribution in [0.4, 0.5) is 29.3 Å². The Balaban J connectivity index is 1.84. The molecule has 0 fully saturated rings. The van der Waals surface area contributed by atoms with Crippen molar-refractivity contribution in [3.63, 3.8) is 0 Å². The molecule has 0 saturated carbocycles. The van der Waals surface area contributed by atoms with Crippen LogP contribution < -0.4 is 15.4 Å². The van der Waals surface area contributed by atoms with Crippen LogP contribution in [0.5, 0.6) is 5.75 Å². The molecule has 38 heavy (non-hydrogen) atoms. The van der Waals surface area contributed by atoms with Gasteiger partial charge < -0.3 is 19.6 Å². The van der Waals surface area contributed by atoms with Gasteiger partial charge in [0, 0.05) is 24.2 Å². The van der Waals surface area contributed by atoms with E-state index in [0.717, 1.165) is 13.2 Å². The molecule has 1 heterocycles. The minimum absolute atomic E-state index is 0.207. The molecule has 1 aliphatic heterocycles. The van der Waals surface area contributed by atoms with Crippen molar-refractivity contribution in [2.75, 3.05) is 31.3 Å². The Morgan fingerprint density at radius 3 is 2.32 bits per heavy atom. The number of carbonyl (C=O) groups excluding carboxylic acids is 3. The summed E-state index contributed by atoms with van der Waals surface area (Å²) in [5.74, 6) is -1.48. The fourth-order valence-electron chi connectivity index (χ4n) is 3.50. The van der Waals surface area contributed by atoms with Crippen LogP contribution in [0.3, 0.4) is 0 Å². The number of nitrogens with zero attached hydrogens (tertiary/aromatic N) is 1. The number of hydroxylamine groups is 2. The number of rotatable bonds is 7. The summed E-state index contributed by atoms with van der Waals surface area (Å²) < 4.78 is 50.8. The normalized spacial score (nSPS) is 13.8. The van der Waals surface area contributed by atoms with Crippen LogP contribution >= 0.6 is 0 Å². The van der Waals surface area contributed by atoms with Gasteiger partial charge in [-0.2, -0.15) is 13.2 Å². The molecule has 2 aromatic rings. The molecule has 1 aliphatic rings. The number of anilines is 2. The highest BCUT2D eigenvalue weighted by atomic mass is 19.4. The van der Waals surface area contributed by atoms with E-state index < -0.39 is 47.3 Å². The molecule has 3 rings (SSSR count). The molecule has 0 atom stereocenters. The fourth-order valence-corrected chi connectivity index (χ4v) is 3.50. The summed E-state index contributed by atoms with van der Waals surface area (Å²) in [5, 5.41) is 6.21. The molecule has 12 heteroatoms. The van der Waals surface area contributed by atoms with Gasteiger partial charge in [0.15, 0.2) is 11.5 Å². The molecular weight excluding hydrogens is 507 g/mol. The van der Waals surface area contributed by atoms with Crippen LogP contribution in [0.15, 0.2) is 42.5 Å². The average molecular weight is 536 g/mol. The Hall–Kier alpha value is -4.06. The van der Waals surface area contributed by atoms with E-state index in [1.54, 1.807) is 51.1 Å². The topological polar surface area (TPSA) is 106 Å². The third-order valence-corrected chi connectivity index (χ3v) is 5.13. The van der Waals surface area contributed by atoms with Crippen molar-refractivity contribution in [2.45, 2.75) is 39.0 Å². The van der Waals surface area contributed by atoms with Gasteiger partial charge in [-0.15, -0.1) is 5.06 Å². The molecule has 0 spiro atoms. The van der Waals surface area contributed by atoms with E-state index in [9.17, 15) is 27.6 Å². The number of hydrogen-bond acceptors (Lipinski definition) is 7. The lowest BCUT2D eigenvalue weighted by molar-refractivity contribution is -0.138. The van der Waals surface area contributed by atoms with Gasteiger partial charge in [0.2, 0.25) is 5.91 Å². The number of ether oxygens (including phenoxy) is 2. The van der Waals surface area contributed by atoms with Crippen LogP contribution in [0.1, 0.15) is 48.7 Å². The second kappa shape index (κ2) is 11.1. The van der Waals surface area contributed by atoms with Gasteiger partial charge in [-0.05, 0) is 39.0 Å². The number of hydrogen-bond donors (Lipinski definition) is 2. The van der Waals surface area contributed by atoms with E-state index in [1.807, 2.05) is 6.08 Å². The Labute approximate surface area is 217 Å². The molecule has 2 amide bonds. The zero-order valence-electron chi connectivity index (χ0n) is 21.5. The number of likely N-dealkylation sites (N-methyl/N-ethyl adjacent to an activating group) is 1. The van der Waals surface area contributed by atoms with E-state index >= 15 is 0 Å². The molecule has 0 unspecified atom stereocenters. The van der Waals surface area contributed by atoms with E-state index in [4.69, 9.17) is 14.3 Å². The molecule has 0 radical (unpaired) electrons. The zero-order chi connectivity index (χ0) is 28.3. The first-order valence-corrected chi connectivity index (χ1v) is 11.5. The van der Waals surface area contributed by atoms with Crippen LogP contribution in [0.25, 0.3) is 5.76 Å². The second-order valence-corrected chi connectivity index (χ2v) is 9.42. The van der Waals surface area contributed by atoms with Gasteiger partial charge in [0.05, 0.1) is 37.0 Å². The van der Waals surface area contributed by atoms with Crippen molar-refractivity contribution >= 4 is 34.9 Å². The number of nitrogens with one attached hydrogen (secondary N) is 2. The quantitative estimate of drug-likeness (QED) is 0.357. The summed E-state index contributed by atoms with van der Waals surface area (Å²) >= 11 is 0. The van der Waals surface area contributed by atoms with Crippen LogP contribution in [0, 0.1) is 0 Å². The average Bonchev–Trinajstić information content (AvgIpc) is 3.24. The van der Waals surface area contributed by atoms with Gasteiger partial charge in [-0.3, -0.25) is 14.9 Å². The summed E-state index contributed by atoms with van der Waals surface area (Å²) in [6.07, 6.45) is -4.62. The Kier molecular flexibility index (Phi) is 8.35. The van der Waals surface area contributed by atoms with Crippen molar-refractivity contribution in [1.29, 1.82) is 0 Å². The van der Waals surface area contributed by atoms with Crippen LogP contribution in [0.2, 0.25) is 0 Å². The second-order valence-electron chi connectivity index (χ2n) is 9.42. The SMILES string of the molecule is COc1cc(NC(=O)OC(C)(C)C)c(NC(=O)CC(=O)c2cccc(C3=CCN(C)O3)c2)cc1C(F)(F)F. The first-order valence-electron chi connectivity index (χ1n) is 11.5. The van der Waals surface area contributed by atoms with Crippen LogP contribution in [-0.4, -0.2) is 49.2 Å². The Morgan fingerprint density at radius 1 is 1.05 bits per heavy atom. The number of methoxy groups -OCH3 is 1. The minimum atomic E-state index is -4.82. The highest BCUT2D eigenvalue weighted by molar-refractivity contribution is 6.12. The van der Waals surface area contributed by atoms with E-state index in [-0.39, 0.29) is 16.9 Å². The molecular formula is C26H28F3N3O6. The molecule has 204 valence electrons. The fraction of sp³-hybridized carbons (Fsp3) is 0.346. The van der Waals surface area contributed by atoms with Gasteiger partial charge in [0.25, 0.3) is 0 Å². The van der Waals surface area contributed by atoms with Gasteiger partial charge in [0.1, 0.15) is 11.4 Å². The molecule has 0 aliphatic carbocycles. The van der Waals surface area contributed by atoms with Crippen LogP contribution in [-0.2, 0) is 20.5 Å². The summed E-state index contributed by atoms with van der Waals surface area (Å²) in [4.78, 5) is 43.4. The highest BCUT2D eigenvalue weighted by Crippen LogP contribution is 2.41. The predicted octanol–water partition coefficient (Wildman–Crippen LogP) is 5.49. The maximum Gasteiger partial charge on any atom is 0.420 e. The van der Waals surface area contributed by atoms with Crippen molar-refractivity contribution in [3.8, 4) is 5.75 Å². The lowest BCUT2D eigenvalue weighted by Crippen LogP contribution is -2.28. The number of ketones is 1. The number of halogens is 3. The number of benzene rings is 2. The number of Topliss-reactive ketones (excluding diaryl/α,β-unsaturated/α-hetero) is 1. The van der Waals surface area contributed by atoms with Gasteiger partial charge >= 0.3 is 12.3 Å². The monoisotopic (exact) mass is 535 g/mol.